The Morgan fingerprint density at radius 3 is 2.18 bits per heavy atom. The standard InChI is InChI=1S/C7H6O3.C6H15N/c8-6-4-2-1-3-5(6)7(9)10;1-4-6-7(3)5-2/h1-4,8H,(H,9,10);4-6H2,1-3H3. The first-order valence-corrected chi connectivity index (χ1v) is 5.72. The molecule has 0 radical (unpaired) electrons. The highest BCUT2D eigenvalue weighted by atomic mass is 16.4. The van der Waals surface area contributed by atoms with Crippen molar-refractivity contribution in [3.05, 3.63) is 29.8 Å². The number of benzene rings is 1. The Bertz CT molecular complexity index is 339. The van der Waals surface area contributed by atoms with Gasteiger partial charge in [-0.25, -0.2) is 4.79 Å². The van der Waals surface area contributed by atoms with Gasteiger partial charge < -0.3 is 15.1 Å². The molecule has 2 N–H and O–H groups in total. The zero-order valence-electron chi connectivity index (χ0n) is 10.7. The SMILES string of the molecule is CCCN(C)CC.O=C(O)c1ccccc1O. The Balaban J connectivity index is 0.000000325. The van der Waals surface area contributed by atoms with Gasteiger partial charge in [-0.2, -0.15) is 0 Å². The molecular formula is C13H21NO3. The molecule has 4 heteroatoms. The van der Waals surface area contributed by atoms with Crippen LogP contribution in [0.25, 0.3) is 0 Å². The summed E-state index contributed by atoms with van der Waals surface area (Å²) < 4.78 is 0. The number of carboxylic acid groups (broad SMARTS) is 1. The van der Waals surface area contributed by atoms with Crippen LogP contribution in [-0.4, -0.2) is 41.2 Å². The van der Waals surface area contributed by atoms with Gasteiger partial charge in [0.25, 0.3) is 0 Å². The van der Waals surface area contributed by atoms with Crippen molar-refractivity contribution in [2.45, 2.75) is 20.3 Å². The molecule has 0 aromatic heterocycles. The van der Waals surface area contributed by atoms with Crippen LogP contribution in [-0.2, 0) is 0 Å². The van der Waals surface area contributed by atoms with Crippen molar-refractivity contribution < 1.29 is 15.0 Å². The van der Waals surface area contributed by atoms with Gasteiger partial charge in [0.1, 0.15) is 11.3 Å². The second-order valence-electron chi connectivity index (χ2n) is 3.72. The number of aromatic hydroxyl groups is 1. The van der Waals surface area contributed by atoms with Crippen LogP contribution in [0.1, 0.15) is 30.6 Å². The molecule has 0 spiro atoms. The molecule has 0 bridgehead atoms. The summed E-state index contributed by atoms with van der Waals surface area (Å²) >= 11 is 0. The summed E-state index contributed by atoms with van der Waals surface area (Å²) in [5.74, 6) is -1.31. The minimum atomic E-state index is -1.11. The molecule has 0 aliphatic carbocycles. The summed E-state index contributed by atoms with van der Waals surface area (Å²) in [4.78, 5) is 12.6. The summed E-state index contributed by atoms with van der Waals surface area (Å²) in [6.07, 6.45) is 1.27. The van der Waals surface area contributed by atoms with Crippen molar-refractivity contribution >= 4 is 5.97 Å². The van der Waals surface area contributed by atoms with Crippen LogP contribution in [0.3, 0.4) is 0 Å². The van der Waals surface area contributed by atoms with E-state index in [4.69, 9.17) is 10.2 Å². The molecule has 1 aromatic carbocycles. The zero-order valence-corrected chi connectivity index (χ0v) is 10.7. The van der Waals surface area contributed by atoms with Crippen LogP contribution in [0.4, 0.5) is 0 Å². The molecule has 4 nitrogen and oxygen atoms in total. The summed E-state index contributed by atoms with van der Waals surface area (Å²) in [6, 6.07) is 5.81. The van der Waals surface area contributed by atoms with Gasteiger partial charge in [0.15, 0.2) is 0 Å². The molecule has 0 fully saturated rings. The fourth-order valence-electron chi connectivity index (χ4n) is 1.19. The van der Waals surface area contributed by atoms with E-state index < -0.39 is 5.97 Å². The Morgan fingerprint density at radius 1 is 1.29 bits per heavy atom. The topological polar surface area (TPSA) is 60.8 Å². The highest BCUT2D eigenvalue weighted by molar-refractivity contribution is 5.90. The molecule has 0 heterocycles. The average molecular weight is 239 g/mol. The second kappa shape index (κ2) is 8.58. The second-order valence-corrected chi connectivity index (χ2v) is 3.72. The largest absolute Gasteiger partial charge is 0.507 e. The molecule has 0 saturated carbocycles. The highest BCUT2D eigenvalue weighted by Crippen LogP contribution is 2.14. The first kappa shape index (κ1) is 15.4. The predicted molar refractivity (Wildman–Crippen MR) is 68.5 cm³/mol. The number of carboxylic acids is 1. The molecule has 0 atom stereocenters. The van der Waals surface area contributed by atoms with E-state index in [1.807, 2.05) is 0 Å². The van der Waals surface area contributed by atoms with Crippen LogP contribution >= 0.6 is 0 Å². The lowest BCUT2D eigenvalue weighted by molar-refractivity contribution is 0.0694. The zero-order chi connectivity index (χ0) is 13.3. The molecule has 1 rings (SSSR count). The Hall–Kier alpha value is -1.55. The average Bonchev–Trinajstić information content (AvgIpc) is 2.30. The van der Waals surface area contributed by atoms with Crippen molar-refractivity contribution in [2.24, 2.45) is 0 Å². The number of phenols is 1. The normalized spacial score (nSPS) is 9.65. The van der Waals surface area contributed by atoms with Crippen LogP contribution < -0.4 is 0 Å². The number of hydrogen-bond donors (Lipinski definition) is 2. The smallest absolute Gasteiger partial charge is 0.339 e. The van der Waals surface area contributed by atoms with Gasteiger partial charge in [-0.15, -0.1) is 0 Å². The summed E-state index contributed by atoms with van der Waals surface area (Å²) in [6.45, 7) is 6.78. The maximum Gasteiger partial charge on any atom is 0.339 e. The fourth-order valence-corrected chi connectivity index (χ4v) is 1.19. The van der Waals surface area contributed by atoms with Gasteiger partial charge in [-0.3, -0.25) is 0 Å². The van der Waals surface area contributed by atoms with E-state index in [0.717, 1.165) is 0 Å². The van der Waals surface area contributed by atoms with E-state index in [1.165, 1.54) is 31.6 Å². The van der Waals surface area contributed by atoms with Gasteiger partial charge in [-0.1, -0.05) is 26.0 Å². The maximum absolute atomic E-state index is 10.3. The predicted octanol–water partition coefficient (Wildman–Crippen LogP) is 2.44. The van der Waals surface area contributed by atoms with Crippen LogP contribution in [0, 0.1) is 0 Å². The van der Waals surface area contributed by atoms with E-state index in [1.54, 1.807) is 12.1 Å². The van der Waals surface area contributed by atoms with E-state index in [0.29, 0.717) is 0 Å². The fraction of sp³-hybridized carbons (Fsp3) is 0.462. The number of nitrogens with zero attached hydrogens (tertiary/aromatic N) is 1. The van der Waals surface area contributed by atoms with Crippen molar-refractivity contribution in [3.8, 4) is 5.75 Å². The molecule has 17 heavy (non-hydrogen) atoms. The molecule has 0 aliphatic heterocycles. The third-order valence-corrected chi connectivity index (χ3v) is 2.28. The van der Waals surface area contributed by atoms with Gasteiger partial charge in [-0.05, 0) is 38.7 Å². The third-order valence-electron chi connectivity index (χ3n) is 2.28. The van der Waals surface area contributed by atoms with Crippen LogP contribution in [0.5, 0.6) is 5.75 Å². The number of aromatic carboxylic acids is 1. The molecule has 0 amide bonds. The van der Waals surface area contributed by atoms with Gasteiger partial charge in [0.2, 0.25) is 0 Å². The number of carbonyl (C=O) groups is 1. The van der Waals surface area contributed by atoms with E-state index in [2.05, 4.69) is 25.8 Å². The minimum absolute atomic E-state index is 0.0671. The highest BCUT2D eigenvalue weighted by Gasteiger charge is 2.05. The number of rotatable bonds is 4. The summed E-state index contributed by atoms with van der Waals surface area (Å²) in [5.41, 5.74) is -0.0671. The maximum atomic E-state index is 10.3. The van der Waals surface area contributed by atoms with Crippen molar-refractivity contribution in [1.82, 2.24) is 4.90 Å². The monoisotopic (exact) mass is 239 g/mol. The van der Waals surface area contributed by atoms with Gasteiger partial charge >= 0.3 is 5.97 Å². The molecule has 0 saturated heterocycles. The lowest BCUT2D eigenvalue weighted by Gasteiger charge is -2.10. The minimum Gasteiger partial charge on any atom is -0.507 e. The van der Waals surface area contributed by atoms with Crippen molar-refractivity contribution in [2.75, 3.05) is 20.1 Å². The van der Waals surface area contributed by atoms with Crippen LogP contribution in [0.2, 0.25) is 0 Å². The first-order valence-electron chi connectivity index (χ1n) is 5.72. The lowest BCUT2D eigenvalue weighted by Crippen LogP contribution is -2.17. The summed E-state index contributed by atoms with van der Waals surface area (Å²) in [5, 5.41) is 17.3. The Morgan fingerprint density at radius 2 is 1.88 bits per heavy atom. The molecule has 96 valence electrons. The van der Waals surface area contributed by atoms with Crippen molar-refractivity contribution in [1.29, 1.82) is 0 Å². The lowest BCUT2D eigenvalue weighted by atomic mass is 10.2. The van der Waals surface area contributed by atoms with E-state index in [-0.39, 0.29) is 11.3 Å². The van der Waals surface area contributed by atoms with E-state index in [9.17, 15) is 4.79 Å². The van der Waals surface area contributed by atoms with Gasteiger partial charge in [0.05, 0.1) is 0 Å². The molecule has 1 aromatic rings. The number of hydrogen-bond acceptors (Lipinski definition) is 3. The third kappa shape index (κ3) is 6.58. The molecular weight excluding hydrogens is 218 g/mol. The molecule has 0 unspecified atom stereocenters. The quantitative estimate of drug-likeness (QED) is 0.847. The number of para-hydroxylation sites is 1. The van der Waals surface area contributed by atoms with E-state index >= 15 is 0 Å². The summed E-state index contributed by atoms with van der Waals surface area (Å²) in [7, 11) is 2.14. The van der Waals surface area contributed by atoms with Crippen molar-refractivity contribution in [3.63, 3.8) is 0 Å². The first-order chi connectivity index (χ1) is 8.02. The van der Waals surface area contributed by atoms with Gasteiger partial charge in [0, 0.05) is 0 Å². The molecule has 0 aliphatic rings. The Kier molecular flexibility index (Phi) is 7.80. The van der Waals surface area contributed by atoms with Crippen LogP contribution in [0.15, 0.2) is 24.3 Å². The Labute approximate surface area is 103 Å².